The molecule has 0 aliphatic carbocycles. The second kappa shape index (κ2) is 8.44. The summed E-state index contributed by atoms with van der Waals surface area (Å²) in [4.78, 5) is 26.9. The van der Waals surface area contributed by atoms with Gasteiger partial charge in [0.15, 0.2) is 10.9 Å². The lowest BCUT2D eigenvalue weighted by atomic mass is 10.1. The first-order valence-electron chi connectivity index (χ1n) is 8.19. The summed E-state index contributed by atoms with van der Waals surface area (Å²) in [7, 11) is 0. The van der Waals surface area contributed by atoms with Crippen LogP contribution in [0.4, 0.5) is 5.69 Å². The van der Waals surface area contributed by atoms with E-state index in [4.69, 9.17) is 0 Å². The van der Waals surface area contributed by atoms with Gasteiger partial charge in [0.05, 0.1) is 5.75 Å². The van der Waals surface area contributed by atoms with Gasteiger partial charge in [-0.1, -0.05) is 61.2 Å². The molecule has 132 valence electrons. The van der Waals surface area contributed by atoms with Crippen LogP contribution in [0.3, 0.4) is 0 Å². The van der Waals surface area contributed by atoms with Crippen LogP contribution in [0, 0.1) is 0 Å². The average Bonchev–Trinajstić information content (AvgIpc) is 2.68. The molecule has 2 N–H and O–H groups in total. The van der Waals surface area contributed by atoms with Crippen molar-refractivity contribution >= 4 is 23.4 Å². The van der Waals surface area contributed by atoms with Crippen LogP contribution in [-0.2, 0) is 11.2 Å². The first-order chi connectivity index (χ1) is 12.7. The van der Waals surface area contributed by atoms with Crippen molar-refractivity contribution in [1.82, 2.24) is 15.2 Å². The number of H-pyrrole nitrogens is 1. The minimum absolute atomic E-state index is 0.130. The van der Waals surface area contributed by atoms with Gasteiger partial charge in [0.1, 0.15) is 0 Å². The van der Waals surface area contributed by atoms with Gasteiger partial charge in [-0.2, -0.15) is 0 Å². The number of aromatic nitrogens is 3. The number of aryl methyl sites for hydroxylation is 1. The number of hydrogen-bond donors (Lipinski definition) is 2. The lowest BCUT2D eigenvalue weighted by Crippen LogP contribution is -2.17. The summed E-state index contributed by atoms with van der Waals surface area (Å²) in [5.74, 6) is -0.0424. The Morgan fingerprint density at radius 2 is 1.81 bits per heavy atom. The highest BCUT2D eigenvalue weighted by molar-refractivity contribution is 7.99. The van der Waals surface area contributed by atoms with Crippen molar-refractivity contribution in [3.8, 4) is 11.3 Å². The number of thioether (sulfide) groups is 1. The number of nitrogens with zero attached hydrogens (tertiary/aromatic N) is 2. The molecule has 3 aromatic rings. The van der Waals surface area contributed by atoms with Gasteiger partial charge in [-0.15, -0.1) is 10.2 Å². The predicted molar refractivity (Wildman–Crippen MR) is 103 cm³/mol. The molecule has 26 heavy (non-hydrogen) atoms. The van der Waals surface area contributed by atoms with Crippen molar-refractivity contribution in [1.29, 1.82) is 0 Å². The third kappa shape index (κ3) is 4.58. The van der Waals surface area contributed by atoms with Crippen molar-refractivity contribution in [3.63, 3.8) is 0 Å². The summed E-state index contributed by atoms with van der Waals surface area (Å²) >= 11 is 1.13. The largest absolute Gasteiger partial charge is 0.325 e. The minimum Gasteiger partial charge on any atom is -0.325 e. The molecule has 6 nitrogen and oxygen atoms in total. The van der Waals surface area contributed by atoms with Crippen LogP contribution in [-0.4, -0.2) is 26.8 Å². The Balaban J connectivity index is 1.60. The zero-order chi connectivity index (χ0) is 18.4. The van der Waals surface area contributed by atoms with Crippen molar-refractivity contribution in [2.24, 2.45) is 0 Å². The van der Waals surface area contributed by atoms with Crippen molar-refractivity contribution < 1.29 is 4.79 Å². The molecule has 0 bridgehead atoms. The standard InChI is InChI=1S/C19H18N4O2S/c1-2-13-8-10-15(11-9-13)20-16(24)12-26-19-21-18(25)17(22-23-19)14-6-4-3-5-7-14/h3-11H,2,12H2,1H3,(H,20,24)(H,21,23,25). The van der Waals surface area contributed by atoms with E-state index in [9.17, 15) is 9.59 Å². The zero-order valence-corrected chi connectivity index (χ0v) is 15.0. The van der Waals surface area contributed by atoms with Gasteiger partial charge in [0, 0.05) is 11.3 Å². The molecule has 0 fully saturated rings. The number of carbonyl (C=O) groups is 1. The number of amides is 1. The van der Waals surface area contributed by atoms with E-state index in [2.05, 4.69) is 27.4 Å². The number of benzene rings is 2. The lowest BCUT2D eigenvalue weighted by molar-refractivity contribution is -0.113. The van der Waals surface area contributed by atoms with Crippen molar-refractivity contribution in [2.75, 3.05) is 11.1 Å². The fraction of sp³-hybridized carbons (Fsp3) is 0.158. The number of rotatable bonds is 6. The second-order valence-corrected chi connectivity index (χ2v) is 6.53. The zero-order valence-electron chi connectivity index (χ0n) is 14.2. The van der Waals surface area contributed by atoms with Gasteiger partial charge < -0.3 is 5.32 Å². The first-order valence-corrected chi connectivity index (χ1v) is 9.18. The average molecular weight is 366 g/mol. The van der Waals surface area contributed by atoms with E-state index in [1.807, 2.05) is 42.5 Å². The molecular weight excluding hydrogens is 348 g/mol. The fourth-order valence-corrected chi connectivity index (χ4v) is 2.93. The maximum absolute atomic E-state index is 12.2. The maximum Gasteiger partial charge on any atom is 0.278 e. The first kappa shape index (κ1) is 17.9. The van der Waals surface area contributed by atoms with Gasteiger partial charge in [-0.25, -0.2) is 0 Å². The van der Waals surface area contributed by atoms with E-state index in [0.717, 1.165) is 23.9 Å². The molecule has 1 amide bonds. The van der Waals surface area contributed by atoms with Crippen LogP contribution in [0.15, 0.2) is 64.5 Å². The summed E-state index contributed by atoms with van der Waals surface area (Å²) < 4.78 is 0. The SMILES string of the molecule is CCc1ccc(NC(=O)CSc2nnc(-c3ccccc3)c(=O)[nH]2)cc1. The topological polar surface area (TPSA) is 87.7 Å². The van der Waals surface area contributed by atoms with E-state index < -0.39 is 0 Å². The Bertz CT molecular complexity index is 940. The molecule has 1 aromatic heterocycles. The smallest absolute Gasteiger partial charge is 0.278 e. The highest BCUT2D eigenvalue weighted by Gasteiger charge is 2.09. The maximum atomic E-state index is 12.2. The predicted octanol–water partition coefficient (Wildman–Crippen LogP) is 3.13. The Labute approximate surface area is 155 Å². The van der Waals surface area contributed by atoms with Crippen LogP contribution < -0.4 is 10.9 Å². The van der Waals surface area contributed by atoms with E-state index >= 15 is 0 Å². The quantitative estimate of drug-likeness (QED) is 0.655. The van der Waals surface area contributed by atoms with Crippen molar-refractivity contribution in [3.05, 3.63) is 70.5 Å². The molecule has 0 saturated carbocycles. The highest BCUT2D eigenvalue weighted by Crippen LogP contribution is 2.15. The van der Waals surface area contributed by atoms with E-state index in [0.29, 0.717) is 10.7 Å². The molecular formula is C19H18N4O2S. The minimum atomic E-state index is -0.329. The number of carbonyl (C=O) groups excluding carboxylic acids is 1. The monoisotopic (exact) mass is 366 g/mol. The molecule has 1 heterocycles. The van der Waals surface area contributed by atoms with Gasteiger partial charge >= 0.3 is 0 Å². The van der Waals surface area contributed by atoms with Gasteiger partial charge in [-0.05, 0) is 24.1 Å². The summed E-state index contributed by atoms with van der Waals surface area (Å²) in [5, 5.41) is 11.1. The molecule has 0 aliphatic heterocycles. The van der Waals surface area contributed by atoms with Gasteiger partial charge in [0.2, 0.25) is 5.91 Å². The Hall–Kier alpha value is -2.93. The highest BCUT2D eigenvalue weighted by atomic mass is 32.2. The summed E-state index contributed by atoms with van der Waals surface area (Å²) in [5.41, 5.74) is 2.58. The van der Waals surface area contributed by atoms with Crippen LogP contribution >= 0.6 is 11.8 Å². The van der Waals surface area contributed by atoms with Crippen molar-refractivity contribution in [2.45, 2.75) is 18.5 Å². The lowest BCUT2D eigenvalue weighted by Gasteiger charge is -2.06. The number of anilines is 1. The number of nitrogens with one attached hydrogen (secondary N) is 2. The van der Waals surface area contributed by atoms with Crippen LogP contribution in [0.1, 0.15) is 12.5 Å². The molecule has 0 atom stereocenters. The Kier molecular flexibility index (Phi) is 5.80. The fourth-order valence-electron chi connectivity index (χ4n) is 2.33. The van der Waals surface area contributed by atoms with E-state index in [1.54, 1.807) is 12.1 Å². The molecule has 0 unspecified atom stereocenters. The molecule has 0 radical (unpaired) electrons. The normalized spacial score (nSPS) is 10.5. The summed E-state index contributed by atoms with van der Waals surface area (Å²) in [6.45, 7) is 2.08. The third-order valence-corrected chi connectivity index (χ3v) is 4.57. The third-order valence-electron chi connectivity index (χ3n) is 3.71. The van der Waals surface area contributed by atoms with Crippen LogP contribution in [0.2, 0.25) is 0 Å². The molecule has 7 heteroatoms. The van der Waals surface area contributed by atoms with Gasteiger partial charge in [0.25, 0.3) is 5.56 Å². The Morgan fingerprint density at radius 1 is 1.08 bits per heavy atom. The van der Waals surface area contributed by atoms with Crippen LogP contribution in [0.5, 0.6) is 0 Å². The molecule has 0 spiro atoms. The second-order valence-electron chi connectivity index (χ2n) is 5.56. The van der Waals surface area contributed by atoms with Gasteiger partial charge in [-0.3, -0.25) is 14.6 Å². The summed E-state index contributed by atoms with van der Waals surface area (Å²) in [6.07, 6.45) is 0.953. The molecule has 0 saturated heterocycles. The Morgan fingerprint density at radius 3 is 2.46 bits per heavy atom. The number of aromatic amines is 1. The van der Waals surface area contributed by atoms with E-state index in [-0.39, 0.29) is 22.9 Å². The van der Waals surface area contributed by atoms with Crippen LogP contribution in [0.25, 0.3) is 11.3 Å². The van der Waals surface area contributed by atoms with E-state index in [1.165, 1.54) is 5.56 Å². The molecule has 2 aromatic carbocycles. The molecule has 0 aliphatic rings. The summed E-state index contributed by atoms with van der Waals surface area (Å²) in [6, 6.07) is 16.8. The number of hydrogen-bond acceptors (Lipinski definition) is 5. The molecule has 3 rings (SSSR count).